The van der Waals surface area contributed by atoms with Crippen LogP contribution < -0.4 is 5.32 Å². The van der Waals surface area contributed by atoms with Gasteiger partial charge in [0.15, 0.2) is 0 Å². The molecule has 120 valence electrons. The molecule has 0 aliphatic carbocycles. The molecule has 0 saturated carbocycles. The SMILES string of the molecule is CSc1ccccc1-c1nnc(NC(=O)/C=C/c2ccccc2)o1. The lowest BCUT2D eigenvalue weighted by Crippen LogP contribution is -2.07. The first kappa shape index (κ1) is 16.0. The predicted octanol–water partition coefficient (Wildman–Crippen LogP) is 4.11. The van der Waals surface area contributed by atoms with Crippen molar-refractivity contribution in [2.24, 2.45) is 0 Å². The van der Waals surface area contributed by atoms with Crippen molar-refractivity contribution in [2.75, 3.05) is 11.6 Å². The van der Waals surface area contributed by atoms with E-state index in [0.29, 0.717) is 5.89 Å². The molecule has 1 N–H and O–H groups in total. The lowest BCUT2D eigenvalue weighted by Gasteiger charge is -2.01. The van der Waals surface area contributed by atoms with E-state index in [9.17, 15) is 4.79 Å². The molecule has 0 aliphatic heterocycles. The van der Waals surface area contributed by atoms with Gasteiger partial charge in [-0.3, -0.25) is 10.1 Å². The minimum Gasteiger partial charge on any atom is -0.403 e. The summed E-state index contributed by atoms with van der Waals surface area (Å²) >= 11 is 1.59. The smallest absolute Gasteiger partial charge is 0.322 e. The van der Waals surface area contributed by atoms with E-state index in [4.69, 9.17) is 4.42 Å². The van der Waals surface area contributed by atoms with Gasteiger partial charge in [-0.2, -0.15) is 0 Å². The van der Waals surface area contributed by atoms with Crippen molar-refractivity contribution in [1.82, 2.24) is 10.2 Å². The van der Waals surface area contributed by atoms with Gasteiger partial charge in [-0.15, -0.1) is 16.9 Å². The van der Waals surface area contributed by atoms with E-state index in [-0.39, 0.29) is 11.9 Å². The van der Waals surface area contributed by atoms with Crippen molar-refractivity contribution in [3.05, 3.63) is 66.2 Å². The zero-order valence-electron chi connectivity index (χ0n) is 13.0. The third-order valence-corrected chi connectivity index (χ3v) is 4.02. The van der Waals surface area contributed by atoms with E-state index in [1.165, 1.54) is 6.08 Å². The quantitative estimate of drug-likeness (QED) is 0.560. The molecular weight excluding hydrogens is 322 g/mol. The minimum atomic E-state index is -0.327. The lowest BCUT2D eigenvalue weighted by atomic mass is 10.2. The van der Waals surface area contributed by atoms with Crippen LogP contribution in [-0.4, -0.2) is 22.4 Å². The molecule has 0 atom stereocenters. The Kier molecular flexibility index (Phi) is 5.08. The monoisotopic (exact) mass is 337 g/mol. The van der Waals surface area contributed by atoms with Gasteiger partial charge in [-0.25, -0.2) is 0 Å². The maximum atomic E-state index is 11.9. The predicted molar refractivity (Wildman–Crippen MR) is 95.6 cm³/mol. The number of hydrogen-bond acceptors (Lipinski definition) is 5. The molecular formula is C18H15N3O2S. The molecule has 0 spiro atoms. The number of benzene rings is 2. The first-order valence-corrected chi connectivity index (χ1v) is 8.50. The standard InChI is InChI=1S/C18H15N3O2S/c1-24-15-10-6-5-9-14(15)17-20-21-18(23-17)19-16(22)12-11-13-7-3-2-4-8-13/h2-12H,1H3,(H,19,21,22)/b12-11+. The number of nitrogens with one attached hydrogen (secondary N) is 1. The van der Waals surface area contributed by atoms with Crippen LogP contribution in [0.4, 0.5) is 6.01 Å². The molecule has 0 unspecified atom stereocenters. The third kappa shape index (κ3) is 3.91. The average molecular weight is 337 g/mol. The van der Waals surface area contributed by atoms with E-state index >= 15 is 0 Å². The Morgan fingerprint density at radius 1 is 1.08 bits per heavy atom. The summed E-state index contributed by atoms with van der Waals surface area (Å²) in [7, 11) is 0. The number of hydrogen-bond donors (Lipinski definition) is 1. The Bertz CT molecular complexity index is 859. The van der Waals surface area contributed by atoms with Gasteiger partial charge < -0.3 is 4.42 Å². The maximum absolute atomic E-state index is 11.9. The Balaban J connectivity index is 1.70. The highest BCUT2D eigenvalue weighted by Gasteiger charge is 2.12. The highest BCUT2D eigenvalue weighted by Crippen LogP contribution is 2.29. The van der Waals surface area contributed by atoms with Crippen molar-refractivity contribution in [3.63, 3.8) is 0 Å². The van der Waals surface area contributed by atoms with Crippen molar-refractivity contribution >= 4 is 29.8 Å². The number of rotatable bonds is 5. The van der Waals surface area contributed by atoms with Crippen molar-refractivity contribution < 1.29 is 9.21 Å². The number of amides is 1. The van der Waals surface area contributed by atoms with Gasteiger partial charge in [0.05, 0.1) is 5.56 Å². The highest BCUT2D eigenvalue weighted by atomic mass is 32.2. The molecule has 1 amide bonds. The number of carbonyl (C=O) groups is 1. The maximum Gasteiger partial charge on any atom is 0.322 e. The molecule has 0 fully saturated rings. The van der Waals surface area contributed by atoms with Crippen LogP contribution in [0.3, 0.4) is 0 Å². The van der Waals surface area contributed by atoms with E-state index < -0.39 is 0 Å². The molecule has 24 heavy (non-hydrogen) atoms. The average Bonchev–Trinajstić information content (AvgIpc) is 3.09. The van der Waals surface area contributed by atoms with Gasteiger partial charge >= 0.3 is 6.01 Å². The summed E-state index contributed by atoms with van der Waals surface area (Å²) in [5.74, 6) is 0.0505. The molecule has 2 aromatic carbocycles. The molecule has 0 aliphatic rings. The van der Waals surface area contributed by atoms with Crippen LogP contribution in [0.25, 0.3) is 17.5 Å². The molecule has 3 aromatic rings. The Hall–Kier alpha value is -2.86. The van der Waals surface area contributed by atoms with Crippen molar-refractivity contribution in [3.8, 4) is 11.5 Å². The number of thioether (sulfide) groups is 1. The number of aromatic nitrogens is 2. The van der Waals surface area contributed by atoms with Crippen LogP contribution in [0.2, 0.25) is 0 Å². The Morgan fingerprint density at radius 3 is 2.62 bits per heavy atom. The van der Waals surface area contributed by atoms with Gasteiger partial charge in [0, 0.05) is 11.0 Å². The number of anilines is 1. The summed E-state index contributed by atoms with van der Waals surface area (Å²) in [6, 6.07) is 17.4. The highest BCUT2D eigenvalue weighted by molar-refractivity contribution is 7.98. The summed E-state index contributed by atoms with van der Waals surface area (Å²) in [5, 5.41) is 10.4. The molecule has 1 heterocycles. The Labute approximate surface area is 143 Å². The molecule has 5 nitrogen and oxygen atoms in total. The largest absolute Gasteiger partial charge is 0.403 e. The molecule has 1 aromatic heterocycles. The molecule has 3 rings (SSSR count). The van der Waals surface area contributed by atoms with Crippen LogP contribution in [0.1, 0.15) is 5.56 Å². The minimum absolute atomic E-state index is 0.0728. The van der Waals surface area contributed by atoms with Gasteiger partial charge in [0.2, 0.25) is 0 Å². The van der Waals surface area contributed by atoms with Gasteiger partial charge in [-0.1, -0.05) is 47.6 Å². The number of carbonyl (C=O) groups excluding carboxylic acids is 1. The van der Waals surface area contributed by atoms with Crippen LogP contribution in [0.15, 0.2) is 70.0 Å². The second-order valence-electron chi connectivity index (χ2n) is 4.85. The van der Waals surface area contributed by atoms with Crippen LogP contribution in [0.5, 0.6) is 0 Å². The topological polar surface area (TPSA) is 68.0 Å². The van der Waals surface area contributed by atoms with Gasteiger partial charge in [0.1, 0.15) is 0 Å². The zero-order chi connectivity index (χ0) is 16.8. The molecule has 6 heteroatoms. The summed E-state index contributed by atoms with van der Waals surface area (Å²) in [4.78, 5) is 13.0. The van der Waals surface area contributed by atoms with Gasteiger partial charge in [0.25, 0.3) is 11.8 Å². The van der Waals surface area contributed by atoms with E-state index in [1.54, 1.807) is 17.8 Å². The fourth-order valence-electron chi connectivity index (χ4n) is 2.09. The fourth-order valence-corrected chi connectivity index (χ4v) is 2.68. The lowest BCUT2D eigenvalue weighted by molar-refractivity contribution is -0.112. The zero-order valence-corrected chi connectivity index (χ0v) is 13.8. The number of nitrogens with zero attached hydrogens (tertiary/aromatic N) is 2. The fraction of sp³-hybridized carbons (Fsp3) is 0.0556. The van der Waals surface area contributed by atoms with E-state index in [2.05, 4.69) is 15.5 Å². The normalized spacial score (nSPS) is 10.9. The second-order valence-corrected chi connectivity index (χ2v) is 5.69. The van der Waals surface area contributed by atoms with Crippen LogP contribution >= 0.6 is 11.8 Å². The third-order valence-electron chi connectivity index (χ3n) is 3.22. The van der Waals surface area contributed by atoms with Crippen molar-refractivity contribution in [1.29, 1.82) is 0 Å². The first-order chi connectivity index (χ1) is 11.8. The second kappa shape index (κ2) is 7.61. The van der Waals surface area contributed by atoms with Crippen LogP contribution in [0, 0.1) is 0 Å². The summed E-state index contributed by atoms with van der Waals surface area (Å²) in [6.45, 7) is 0. The molecule has 0 bridgehead atoms. The first-order valence-electron chi connectivity index (χ1n) is 7.27. The Morgan fingerprint density at radius 2 is 1.83 bits per heavy atom. The van der Waals surface area contributed by atoms with Crippen molar-refractivity contribution in [2.45, 2.75) is 4.90 Å². The summed E-state index contributed by atoms with van der Waals surface area (Å²) in [5.41, 5.74) is 1.78. The van der Waals surface area contributed by atoms with Crippen LogP contribution in [-0.2, 0) is 4.79 Å². The van der Waals surface area contributed by atoms with E-state index in [1.807, 2.05) is 60.9 Å². The summed E-state index contributed by atoms with van der Waals surface area (Å²) in [6.07, 6.45) is 5.12. The van der Waals surface area contributed by atoms with E-state index in [0.717, 1.165) is 16.0 Å². The van der Waals surface area contributed by atoms with Gasteiger partial charge in [-0.05, 0) is 30.0 Å². The molecule has 0 saturated heterocycles. The molecule has 0 radical (unpaired) electrons. The summed E-state index contributed by atoms with van der Waals surface area (Å²) < 4.78 is 5.53.